The third-order valence-corrected chi connectivity index (χ3v) is 6.38. The number of benzene rings is 1. The van der Waals surface area contributed by atoms with Crippen LogP contribution in [-0.4, -0.2) is 62.0 Å². The summed E-state index contributed by atoms with van der Waals surface area (Å²) >= 11 is 0. The highest BCUT2D eigenvalue weighted by Gasteiger charge is 2.40. The second-order valence-electron chi connectivity index (χ2n) is 8.91. The number of carbonyl (C=O) groups is 2. The second-order valence-corrected chi connectivity index (χ2v) is 8.91. The van der Waals surface area contributed by atoms with Crippen molar-refractivity contribution in [3.63, 3.8) is 0 Å². The van der Waals surface area contributed by atoms with Crippen LogP contribution in [0.1, 0.15) is 39.8 Å². The van der Waals surface area contributed by atoms with Crippen molar-refractivity contribution in [3.05, 3.63) is 70.2 Å². The van der Waals surface area contributed by atoms with Crippen LogP contribution in [0.25, 0.3) is 5.82 Å². The quantitative estimate of drug-likeness (QED) is 0.401. The zero-order chi connectivity index (χ0) is 27.3. The van der Waals surface area contributed by atoms with E-state index in [1.807, 2.05) is 0 Å². The minimum Gasteiger partial charge on any atom is -0.483 e. The van der Waals surface area contributed by atoms with E-state index in [2.05, 4.69) is 15.2 Å². The van der Waals surface area contributed by atoms with E-state index in [1.54, 1.807) is 13.8 Å². The van der Waals surface area contributed by atoms with E-state index in [1.165, 1.54) is 21.9 Å². The first-order valence-electron chi connectivity index (χ1n) is 11.5. The van der Waals surface area contributed by atoms with Crippen LogP contribution in [0, 0.1) is 37.1 Å². The Morgan fingerprint density at radius 3 is 2.50 bits per heavy atom. The molecule has 0 aliphatic carbocycles. The van der Waals surface area contributed by atoms with Gasteiger partial charge >= 0.3 is 6.03 Å². The first-order valence-corrected chi connectivity index (χ1v) is 11.5. The van der Waals surface area contributed by atoms with Crippen molar-refractivity contribution in [1.29, 1.82) is 0 Å². The van der Waals surface area contributed by atoms with E-state index in [4.69, 9.17) is 10.5 Å². The standard InChI is InChI=1S/C24H21F4N7O3/c1-11-21(23(29)36)12(2)34(32-11)20-7-19(17(27)8-30-20)38-14-9-33(10-14)24(37)35-18(3-4-31-35)15-5-13(25)6-16(26)22(15)28/h4-8,14,18H,3,9-10H2,1-2H3,(H2,29,36). The molecule has 14 heteroatoms. The third kappa shape index (κ3) is 4.31. The van der Waals surface area contributed by atoms with Gasteiger partial charge in [-0.1, -0.05) is 0 Å². The van der Waals surface area contributed by atoms with Gasteiger partial charge in [0.05, 0.1) is 42.3 Å². The van der Waals surface area contributed by atoms with Gasteiger partial charge in [0.1, 0.15) is 11.9 Å². The maximum atomic E-state index is 14.5. The number of nitrogens with zero attached hydrogens (tertiary/aromatic N) is 6. The molecule has 0 radical (unpaired) electrons. The van der Waals surface area contributed by atoms with Crippen LogP contribution in [-0.2, 0) is 0 Å². The minimum absolute atomic E-state index is 0.0559. The van der Waals surface area contributed by atoms with Crippen molar-refractivity contribution in [2.75, 3.05) is 13.1 Å². The van der Waals surface area contributed by atoms with E-state index in [-0.39, 0.29) is 42.2 Å². The summed E-state index contributed by atoms with van der Waals surface area (Å²) in [7, 11) is 0. The van der Waals surface area contributed by atoms with E-state index in [9.17, 15) is 27.2 Å². The third-order valence-electron chi connectivity index (χ3n) is 6.38. The Morgan fingerprint density at radius 2 is 1.82 bits per heavy atom. The normalized spacial score (nSPS) is 17.2. The van der Waals surface area contributed by atoms with Gasteiger partial charge in [-0.15, -0.1) is 0 Å². The fourth-order valence-electron chi connectivity index (χ4n) is 4.51. The summed E-state index contributed by atoms with van der Waals surface area (Å²) in [6.45, 7) is 3.35. The van der Waals surface area contributed by atoms with Gasteiger partial charge in [0.15, 0.2) is 29.0 Å². The summed E-state index contributed by atoms with van der Waals surface area (Å²) in [5.41, 5.74) is 6.13. The van der Waals surface area contributed by atoms with Crippen molar-refractivity contribution in [3.8, 4) is 11.6 Å². The molecule has 198 valence electrons. The number of ether oxygens (including phenoxy) is 1. The molecule has 3 aromatic rings. The molecule has 5 rings (SSSR count). The number of primary amides is 1. The Bertz CT molecular complexity index is 1490. The van der Waals surface area contributed by atoms with Crippen LogP contribution in [0.4, 0.5) is 22.4 Å². The van der Waals surface area contributed by atoms with Crippen LogP contribution >= 0.6 is 0 Å². The lowest BCUT2D eigenvalue weighted by molar-refractivity contribution is 0.0254. The zero-order valence-corrected chi connectivity index (χ0v) is 20.2. The SMILES string of the molecule is Cc1nn(-c2cc(OC3CN(C(=O)N4N=CCC4c4cc(F)cc(F)c4F)C3)c(F)cn2)c(C)c1C(N)=O. The van der Waals surface area contributed by atoms with Crippen molar-refractivity contribution < 1.29 is 31.9 Å². The number of rotatable bonds is 5. The lowest BCUT2D eigenvalue weighted by atomic mass is 10.0. The Morgan fingerprint density at radius 1 is 1.08 bits per heavy atom. The number of hydrazone groups is 1. The highest BCUT2D eigenvalue weighted by Crippen LogP contribution is 2.34. The Kier molecular flexibility index (Phi) is 6.25. The molecule has 1 atom stereocenters. The van der Waals surface area contributed by atoms with Gasteiger partial charge in [0.25, 0.3) is 5.91 Å². The number of hydrogen-bond acceptors (Lipinski definition) is 6. The number of aryl methyl sites for hydroxylation is 1. The number of hydrogen-bond donors (Lipinski definition) is 1. The lowest BCUT2D eigenvalue weighted by Crippen LogP contribution is -2.59. The molecular formula is C24H21F4N7O3. The van der Waals surface area contributed by atoms with Gasteiger partial charge in [-0.2, -0.15) is 10.2 Å². The number of halogens is 4. The van der Waals surface area contributed by atoms with E-state index in [0.29, 0.717) is 17.5 Å². The van der Waals surface area contributed by atoms with Crippen molar-refractivity contribution in [2.24, 2.45) is 10.8 Å². The number of amides is 3. The van der Waals surface area contributed by atoms with Crippen molar-refractivity contribution in [1.82, 2.24) is 24.7 Å². The molecule has 3 amide bonds. The van der Waals surface area contributed by atoms with Crippen molar-refractivity contribution in [2.45, 2.75) is 32.4 Å². The van der Waals surface area contributed by atoms with Crippen LogP contribution < -0.4 is 10.5 Å². The van der Waals surface area contributed by atoms with Crippen LogP contribution in [0.15, 0.2) is 29.5 Å². The molecule has 38 heavy (non-hydrogen) atoms. The Hall–Kier alpha value is -4.49. The topological polar surface area (TPSA) is 119 Å². The average molecular weight is 531 g/mol. The van der Waals surface area contributed by atoms with Crippen LogP contribution in [0.5, 0.6) is 5.75 Å². The number of likely N-dealkylation sites (tertiary alicyclic amines) is 1. The first-order chi connectivity index (χ1) is 18.0. The maximum absolute atomic E-state index is 14.5. The predicted octanol–water partition coefficient (Wildman–Crippen LogP) is 3.16. The average Bonchev–Trinajstić information content (AvgIpc) is 3.43. The Labute approximate surface area is 213 Å². The molecular weight excluding hydrogens is 510 g/mol. The summed E-state index contributed by atoms with van der Waals surface area (Å²) in [6.07, 6.45) is 1.80. The zero-order valence-electron chi connectivity index (χ0n) is 20.2. The van der Waals surface area contributed by atoms with Gasteiger partial charge in [0, 0.05) is 30.3 Å². The van der Waals surface area contributed by atoms with E-state index in [0.717, 1.165) is 17.3 Å². The number of pyridine rings is 1. The number of aromatic nitrogens is 3. The number of urea groups is 1. The number of nitrogens with two attached hydrogens (primary N) is 1. The first kappa shape index (κ1) is 25.2. The number of carbonyl (C=O) groups excluding carboxylic acids is 2. The summed E-state index contributed by atoms with van der Waals surface area (Å²) in [5, 5.41) is 9.15. The molecule has 1 aromatic carbocycles. The minimum atomic E-state index is -1.36. The molecule has 1 unspecified atom stereocenters. The molecule has 0 saturated carbocycles. The molecule has 4 heterocycles. The maximum Gasteiger partial charge on any atom is 0.341 e. The molecule has 2 aliphatic heterocycles. The van der Waals surface area contributed by atoms with E-state index < -0.39 is 47.4 Å². The summed E-state index contributed by atoms with van der Waals surface area (Å²) in [6, 6.07) is 0.933. The largest absolute Gasteiger partial charge is 0.483 e. The highest BCUT2D eigenvalue weighted by molar-refractivity contribution is 5.95. The van der Waals surface area contributed by atoms with Gasteiger partial charge in [0.2, 0.25) is 0 Å². The predicted molar refractivity (Wildman–Crippen MR) is 125 cm³/mol. The summed E-state index contributed by atoms with van der Waals surface area (Å²) in [5.74, 6) is -4.93. The van der Waals surface area contributed by atoms with Gasteiger partial charge in [-0.25, -0.2) is 37.0 Å². The smallest absolute Gasteiger partial charge is 0.341 e. The van der Waals surface area contributed by atoms with Gasteiger partial charge < -0.3 is 15.4 Å². The molecule has 2 aliphatic rings. The van der Waals surface area contributed by atoms with Crippen LogP contribution in [0.3, 0.4) is 0 Å². The fraction of sp³-hybridized carbons (Fsp3) is 0.292. The fourth-order valence-corrected chi connectivity index (χ4v) is 4.51. The van der Waals surface area contributed by atoms with Gasteiger partial charge in [-0.3, -0.25) is 4.79 Å². The molecule has 2 aromatic heterocycles. The van der Waals surface area contributed by atoms with E-state index >= 15 is 0 Å². The monoisotopic (exact) mass is 531 g/mol. The lowest BCUT2D eigenvalue weighted by Gasteiger charge is -2.41. The summed E-state index contributed by atoms with van der Waals surface area (Å²) in [4.78, 5) is 30.0. The molecule has 0 bridgehead atoms. The van der Waals surface area contributed by atoms with Crippen molar-refractivity contribution >= 4 is 18.2 Å². The molecule has 10 nitrogen and oxygen atoms in total. The van der Waals surface area contributed by atoms with Gasteiger partial charge in [-0.05, 0) is 19.9 Å². The molecule has 2 N–H and O–H groups in total. The Balaban J connectivity index is 1.27. The highest BCUT2D eigenvalue weighted by atomic mass is 19.2. The molecule has 1 fully saturated rings. The summed E-state index contributed by atoms with van der Waals surface area (Å²) < 4.78 is 63.3. The molecule has 0 spiro atoms. The van der Waals surface area contributed by atoms with Crippen LogP contribution in [0.2, 0.25) is 0 Å². The second kappa shape index (κ2) is 9.43. The molecule has 1 saturated heterocycles.